The van der Waals surface area contributed by atoms with Gasteiger partial charge in [0.25, 0.3) is 0 Å². The molecule has 0 saturated heterocycles. The molecule has 0 aliphatic carbocycles. The SMILES string of the molecule is C.C.C.C=C(CCC)C(=O)c1ccc(Cl)c(Cl)c1.CCCC(CN(CC)CC)C(=O)c1ccc(Cl)c(Cl)c1.CCCCC(=O)c1ccc(Cl)c(Cl)c1. The van der Waals surface area contributed by atoms with Crippen LogP contribution in [0.2, 0.25) is 30.1 Å². The van der Waals surface area contributed by atoms with Crippen molar-refractivity contribution in [1.82, 2.24) is 4.90 Å². The maximum Gasteiger partial charge on any atom is 0.188 e. The molecular formula is C42H59Cl6NO3. The van der Waals surface area contributed by atoms with Crippen LogP contribution in [0.15, 0.2) is 66.7 Å². The Hall–Kier alpha value is -1.89. The fourth-order valence-corrected chi connectivity index (χ4v) is 5.63. The number of benzene rings is 3. The summed E-state index contributed by atoms with van der Waals surface area (Å²) in [4.78, 5) is 38.3. The molecule has 0 aliphatic heterocycles. The summed E-state index contributed by atoms with van der Waals surface area (Å²) in [5, 5.41) is 2.70. The molecule has 0 aromatic heterocycles. The number of carbonyl (C=O) groups excluding carboxylic acids is 3. The quantitative estimate of drug-likeness (QED) is 0.107. The van der Waals surface area contributed by atoms with E-state index in [9.17, 15) is 14.4 Å². The van der Waals surface area contributed by atoms with Crippen LogP contribution in [0.1, 0.15) is 133 Å². The summed E-state index contributed by atoms with van der Waals surface area (Å²) in [6.45, 7) is 16.9. The minimum atomic E-state index is -0.0598. The Kier molecular flexibility index (Phi) is 30.9. The number of hydrogen-bond donors (Lipinski definition) is 0. The number of hydrogen-bond acceptors (Lipinski definition) is 4. The van der Waals surface area contributed by atoms with Crippen molar-refractivity contribution in [1.29, 1.82) is 0 Å². The zero-order valence-electron chi connectivity index (χ0n) is 29.0. The highest BCUT2D eigenvalue weighted by molar-refractivity contribution is 6.43. The van der Waals surface area contributed by atoms with Crippen molar-refractivity contribution in [2.75, 3.05) is 19.6 Å². The second-order valence-corrected chi connectivity index (χ2v) is 13.9. The van der Waals surface area contributed by atoms with Gasteiger partial charge in [-0.1, -0.05) is 152 Å². The Bertz CT molecular complexity index is 1540. The molecule has 1 atom stereocenters. The molecule has 3 aromatic carbocycles. The van der Waals surface area contributed by atoms with Gasteiger partial charge in [0.05, 0.1) is 30.1 Å². The normalized spacial score (nSPS) is 10.5. The maximum absolute atomic E-state index is 12.6. The van der Waals surface area contributed by atoms with Gasteiger partial charge in [-0.15, -0.1) is 0 Å². The molecule has 3 rings (SSSR count). The molecule has 1 unspecified atom stereocenters. The molecule has 0 fully saturated rings. The number of halogens is 6. The van der Waals surface area contributed by atoms with E-state index in [-0.39, 0.29) is 45.5 Å². The van der Waals surface area contributed by atoms with Crippen molar-refractivity contribution in [3.8, 4) is 0 Å². The van der Waals surface area contributed by atoms with E-state index in [2.05, 4.69) is 39.2 Å². The van der Waals surface area contributed by atoms with Gasteiger partial charge in [-0.2, -0.15) is 0 Å². The Morgan fingerprint density at radius 2 is 1.04 bits per heavy atom. The van der Waals surface area contributed by atoms with Crippen LogP contribution in [0.25, 0.3) is 0 Å². The average Bonchev–Trinajstić information content (AvgIpc) is 3.09. The van der Waals surface area contributed by atoms with Crippen LogP contribution in [0, 0.1) is 5.92 Å². The molecule has 10 heteroatoms. The van der Waals surface area contributed by atoms with Gasteiger partial charge in [0.2, 0.25) is 0 Å². The standard InChI is InChI=1S/C16H23Cl2NO.C12H12Cl2O.C11H12Cl2O.3CH4/c1-4-7-13(11-19(5-2)6-3)16(20)12-8-9-14(17)15(18)10-12;1-3-4-8(2)12(15)9-5-6-10(13)11(14)7-9;1-2-3-4-11(14)8-5-6-9(12)10(13)7-8;;;/h8-10,13H,4-7,11H2,1-3H3;5-7H,2-4H2,1H3;5-7H,2-4H2,1H3;3*1H4. The lowest BCUT2D eigenvalue weighted by atomic mass is 9.93. The van der Waals surface area contributed by atoms with Crippen molar-refractivity contribution in [3.05, 3.63) is 114 Å². The van der Waals surface area contributed by atoms with Crippen LogP contribution in [0.3, 0.4) is 0 Å². The zero-order chi connectivity index (χ0) is 37.1. The van der Waals surface area contributed by atoms with Gasteiger partial charge in [0, 0.05) is 35.6 Å². The fraction of sp³-hybridized carbons (Fsp3) is 0.452. The van der Waals surface area contributed by atoms with Gasteiger partial charge in [-0.25, -0.2) is 0 Å². The summed E-state index contributed by atoms with van der Waals surface area (Å²) in [7, 11) is 0. The van der Waals surface area contributed by atoms with Crippen LogP contribution in [-0.2, 0) is 0 Å². The van der Waals surface area contributed by atoms with E-state index in [1.165, 1.54) is 0 Å². The van der Waals surface area contributed by atoms with E-state index in [1.807, 2.05) is 6.92 Å². The highest BCUT2D eigenvalue weighted by Crippen LogP contribution is 2.26. The fourth-order valence-electron chi connectivity index (χ4n) is 4.74. The lowest BCUT2D eigenvalue weighted by molar-refractivity contribution is 0.0874. The van der Waals surface area contributed by atoms with E-state index < -0.39 is 0 Å². The smallest absolute Gasteiger partial charge is 0.188 e. The third-order valence-corrected chi connectivity index (χ3v) is 9.86. The monoisotopic (exact) mass is 835 g/mol. The molecule has 0 amide bonds. The van der Waals surface area contributed by atoms with Gasteiger partial charge < -0.3 is 4.90 Å². The second-order valence-electron chi connectivity index (χ2n) is 11.4. The number of unbranched alkanes of at least 4 members (excludes halogenated alkanes) is 1. The Morgan fingerprint density at radius 3 is 1.46 bits per heavy atom. The van der Waals surface area contributed by atoms with Crippen LogP contribution < -0.4 is 0 Å². The number of allylic oxidation sites excluding steroid dienone is 1. The minimum Gasteiger partial charge on any atom is -0.303 e. The van der Waals surface area contributed by atoms with E-state index in [0.29, 0.717) is 65.2 Å². The predicted molar refractivity (Wildman–Crippen MR) is 232 cm³/mol. The number of rotatable bonds is 16. The highest BCUT2D eigenvalue weighted by atomic mass is 35.5. The largest absolute Gasteiger partial charge is 0.303 e. The first-order valence-electron chi connectivity index (χ1n) is 16.6. The predicted octanol–water partition coefficient (Wildman–Crippen LogP) is 15.7. The molecule has 52 heavy (non-hydrogen) atoms. The lowest BCUT2D eigenvalue weighted by Crippen LogP contribution is -2.33. The van der Waals surface area contributed by atoms with Gasteiger partial charge >= 0.3 is 0 Å². The van der Waals surface area contributed by atoms with Crippen LogP contribution >= 0.6 is 69.6 Å². The molecule has 4 nitrogen and oxygen atoms in total. The number of carbonyl (C=O) groups is 3. The molecule has 3 aromatic rings. The molecule has 292 valence electrons. The first kappa shape index (κ1) is 54.5. The second kappa shape index (κ2) is 29.5. The number of nitrogens with zero attached hydrogens (tertiary/aromatic N) is 1. The van der Waals surface area contributed by atoms with Gasteiger partial charge in [-0.05, 0) is 92.5 Å². The van der Waals surface area contributed by atoms with Crippen LogP contribution in [0.4, 0.5) is 0 Å². The first-order valence-corrected chi connectivity index (χ1v) is 18.9. The number of ketones is 3. The molecule has 0 spiro atoms. The molecule has 0 bridgehead atoms. The van der Waals surface area contributed by atoms with Crippen molar-refractivity contribution in [2.45, 2.75) is 102 Å². The summed E-state index contributed by atoms with van der Waals surface area (Å²) < 4.78 is 0. The Morgan fingerprint density at radius 1 is 0.596 bits per heavy atom. The summed E-state index contributed by atoms with van der Waals surface area (Å²) in [5.74, 6) is 0.260. The van der Waals surface area contributed by atoms with E-state index in [1.54, 1.807) is 54.6 Å². The molecule has 0 radical (unpaired) electrons. The van der Waals surface area contributed by atoms with Crippen molar-refractivity contribution >= 4 is 87.0 Å². The van der Waals surface area contributed by atoms with E-state index in [0.717, 1.165) is 51.7 Å². The molecular weight excluding hydrogens is 779 g/mol. The third-order valence-electron chi connectivity index (χ3n) is 7.64. The van der Waals surface area contributed by atoms with Gasteiger partial charge in [-0.3, -0.25) is 14.4 Å². The summed E-state index contributed by atoms with van der Waals surface area (Å²) in [5.41, 5.74) is 2.46. The average molecular weight is 839 g/mol. The van der Waals surface area contributed by atoms with Gasteiger partial charge in [0.1, 0.15) is 0 Å². The maximum atomic E-state index is 12.6. The van der Waals surface area contributed by atoms with Crippen LogP contribution in [0.5, 0.6) is 0 Å². The van der Waals surface area contributed by atoms with Crippen molar-refractivity contribution < 1.29 is 14.4 Å². The molecule has 0 aliphatic rings. The van der Waals surface area contributed by atoms with E-state index >= 15 is 0 Å². The summed E-state index contributed by atoms with van der Waals surface area (Å²) in [6, 6.07) is 15.0. The highest BCUT2D eigenvalue weighted by Gasteiger charge is 2.22. The molecule has 0 saturated carbocycles. The first-order chi connectivity index (χ1) is 23.2. The summed E-state index contributed by atoms with van der Waals surface area (Å²) in [6.07, 6.45) is 6.03. The molecule has 0 N–H and O–H groups in total. The van der Waals surface area contributed by atoms with Gasteiger partial charge in [0.15, 0.2) is 17.3 Å². The van der Waals surface area contributed by atoms with E-state index in [4.69, 9.17) is 69.6 Å². The lowest BCUT2D eigenvalue weighted by Gasteiger charge is -2.24. The van der Waals surface area contributed by atoms with Crippen molar-refractivity contribution in [2.24, 2.45) is 5.92 Å². The Labute approximate surface area is 345 Å². The third kappa shape index (κ3) is 18.9. The topological polar surface area (TPSA) is 54.5 Å². The zero-order valence-corrected chi connectivity index (χ0v) is 33.5. The van der Waals surface area contributed by atoms with Crippen LogP contribution in [-0.4, -0.2) is 41.9 Å². The Balaban J connectivity index is -0.000000685. The molecule has 0 heterocycles. The minimum absolute atomic E-state index is 0. The number of Topliss-reactive ketones (excluding diaryl/α,β-unsaturated/α-hetero) is 3. The van der Waals surface area contributed by atoms with Crippen molar-refractivity contribution in [3.63, 3.8) is 0 Å². The summed E-state index contributed by atoms with van der Waals surface area (Å²) >= 11 is 35.0.